The maximum Gasteiger partial charge on any atom is 0.152 e. The fourth-order valence-electron chi connectivity index (χ4n) is 2.34. The van der Waals surface area contributed by atoms with E-state index < -0.39 is 8.24 Å². The van der Waals surface area contributed by atoms with Gasteiger partial charge in [0.2, 0.25) is 0 Å². The van der Waals surface area contributed by atoms with Crippen molar-refractivity contribution in [1.82, 2.24) is 4.57 Å². The van der Waals surface area contributed by atoms with Gasteiger partial charge >= 0.3 is 0 Å². The van der Waals surface area contributed by atoms with Gasteiger partial charge < -0.3 is 4.57 Å². The third-order valence-corrected chi connectivity index (χ3v) is 8.62. The molecule has 0 aliphatic carbocycles. The molecule has 76 valence electrons. The predicted octanol–water partition coefficient (Wildman–Crippen LogP) is 3.18. The van der Waals surface area contributed by atoms with Crippen molar-refractivity contribution in [2.75, 3.05) is 13.1 Å². The molecular formula is C11H23NSi. The summed E-state index contributed by atoms with van der Waals surface area (Å²) >= 11 is 0. The maximum atomic E-state index is 4.21. The summed E-state index contributed by atoms with van der Waals surface area (Å²) in [6.45, 7) is 13.9. The first kappa shape index (κ1) is 11.0. The molecule has 13 heavy (non-hydrogen) atoms. The molecule has 0 aromatic heterocycles. The highest BCUT2D eigenvalue weighted by Gasteiger charge is 2.35. The summed E-state index contributed by atoms with van der Waals surface area (Å²) in [5.41, 5.74) is 0. The van der Waals surface area contributed by atoms with Gasteiger partial charge in [0, 0.05) is 0 Å². The first-order chi connectivity index (χ1) is 6.11. The summed E-state index contributed by atoms with van der Waals surface area (Å²) in [5, 5.41) is 1.47. The third kappa shape index (κ3) is 2.23. The van der Waals surface area contributed by atoms with Crippen LogP contribution in [0.4, 0.5) is 0 Å². The first-order valence-electron chi connectivity index (χ1n) is 5.52. The van der Waals surface area contributed by atoms with E-state index in [2.05, 4.69) is 31.5 Å². The number of hydrogen-bond acceptors (Lipinski definition) is 1. The normalized spacial score (nSPS) is 23.0. The molecule has 0 bridgehead atoms. The molecule has 0 radical (unpaired) electrons. The molecule has 2 heteroatoms. The minimum absolute atomic E-state index is 1.25. The zero-order valence-corrected chi connectivity index (χ0v) is 10.4. The van der Waals surface area contributed by atoms with E-state index in [0.717, 1.165) is 0 Å². The van der Waals surface area contributed by atoms with Gasteiger partial charge in [0.15, 0.2) is 8.24 Å². The van der Waals surface area contributed by atoms with E-state index in [1.807, 2.05) is 0 Å². The second kappa shape index (κ2) is 4.42. The minimum atomic E-state index is -1.25. The van der Waals surface area contributed by atoms with Crippen LogP contribution in [0, 0.1) is 0 Å². The van der Waals surface area contributed by atoms with Crippen LogP contribution < -0.4 is 0 Å². The summed E-state index contributed by atoms with van der Waals surface area (Å²) in [5.74, 6) is 0. The molecule has 0 amide bonds. The summed E-state index contributed by atoms with van der Waals surface area (Å²) < 4.78 is 2.75. The van der Waals surface area contributed by atoms with E-state index in [-0.39, 0.29) is 0 Å². The van der Waals surface area contributed by atoms with Crippen LogP contribution in [0.3, 0.4) is 0 Å². The molecule has 1 atom stereocenters. The lowest BCUT2D eigenvalue weighted by atomic mass is 10.4. The minimum Gasteiger partial charge on any atom is -0.320 e. The lowest BCUT2D eigenvalue weighted by Crippen LogP contribution is -2.50. The second-order valence-corrected chi connectivity index (χ2v) is 9.03. The Kier molecular flexibility index (Phi) is 3.74. The van der Waals surface area contributed by atoms with Crippen molar-refractivity contribution in [3.05, 3.63) is 11.8 Å². The van der Waals surface area contributed by atoms with Gasteiger partial charge in [-0.2, -0.15) is 0 Å². The van der Waals surface area contributed by atoms with Gasteiger partial charge in [0.05, 0.1) is 0 Å². The third-order valence-electron chi connectivity index (χ3n) is 3.46. The molecule has 1 aliphatic rings. The fourth-order valence-corrected chi connectivity index (χ4v) is 5.90. The lowest BCUT2D eigenvalue weighted by molar-refractivity contribution is 0.517. The Morgan fingerprint density at radius 3 is 2.31 bits per heavy atom. The number of hydrogen-bond donors (Lipinski definition) is 0. The molecule has 0 saturated carbocycles. The molecule has 1 rings (SSSR count). The Morgan fingerprint density at radius 2 is 1.92 bits per heavy atom. The molecule has 0 aromatic carbocycles. The van der Waals surface area contributed by atoms with Crippen LogP contribution in [0.15, 0.2) is 11.8 Å². The zero-order valence-electron chi connectivity index (χ0n) is 9.40. The van der Waals surface area contributed by atoms with Gasteiger partial charge in [-0.1, -0.05) is 25.1 Å². The molecule has 0 spiro atoms. The van der Waals surface area contributed by atoms with Crippen LogP contribution in [0.5, 0.6) is 0 Å². The summed E-state index contributed by atoms with van der Waals surface area (Å²) in [6, 6.07) is 1.39. The first-order valence-corrected chi connectivity index (χ1v) is 8.17. The maximum absolute atomic E-state index is 4.21. The van der Waals surface area contributed by atoms with Crippen LogP contribution in [0.2, 0.25) is 12.6 Å². The van der Waals surface area contributed by atoms with Crippen LogP contribution >= 0.6 is 0 Å². The highest BCUT2D eigenvalue weighted by molar-refractivity contribution is 6.82. The topological polar surface area (TPSA) is 3.24 Å². The predicted molar refractivity (Wildman–Crippen MR) is 62.3 cm³/mol. The van der Waals surface area contributed by atoms with Crippen LogP contribution in [-0.4, -0.2) is 25.9 Å². The molecule has 0 N–H and O–H groups in total. The molecule has 1 aliphatic heterocycles. The standard InChI is InChI=1S/C11H23NSi/c1-5-10-13(4,11(2)3)12-8-6-7-9-12/h2,5-10H2,1,3-4H3. The Labute approximate surface area is 83.9 Å². The molecular weight excluding hydrogens is 174 g/mol. The molecule has 1 saturated heterocycles. The van der Waals surface area contributed by atoms with Crippen molar-refractivity contribution in [1.29, 1.82) is 0 Å². The van der Waals surface area contributed by atoms with Crippen LogP contribution in [0.25, 0.3) is 0 Å². The Balaban J connectivity index is 2.69. The van der Waals surface area contributed by atoms with E-state index in [0.29, 0.717) is 0 Å². The van der Waals surface area contributed by atoms with Crippen LogP contribution in [-0.2, 0) is 0 Å². The summed E-state index contributed by atoms with van der Waals surface area (Å²) in [7, 11) is -1.25. The average molecular weight is 197 g/mol. The van der Waals surface area contributed by atoms with Crippen LogP contribution in [0.1, 0.15) is 33.1 Å². The zero-order chi connectivity index (χ0) is 9.90. The van der Waals surface area contributed by atoms with Crippen molar-refractivity contribution < 1.29 is 0 Å². The monoisotopic (exact) mass is 197 g/mol. The lowest BCUT2D eigenvalue weighted by Gasteiger charge is -2.37. The largest absolute Gasteiger partial charge is 0.320 e. The number of nitrogens with zero attached hydrogens (tertiary/aromatic N) is 1. The highest BCUT2D eigenvalue weighted by atomic mass is 28.3. The Morgan fingerprint density at radius 1 is 1.38 bits per heavy atom. The van der Waals surface area contributed by atoms with E-state index in [4.69, 9.17) is 0 Å². The van der Waals surface area contributed by atoms with Gasteiger partial charge in [0.25, 0.3) is 0 Å². The molecule has 1 nitrogen and oxygen atoms in total. The number of rotatable bonds is 4. The van der Waals surface area contributed by atoms with Crippen molar-refractivity contribution >= 4 is 8.24 Å². The summed E-state index contributed by atoms with van der Waals surface area (Å²) in [6.07, 6.45) is 4.12. The molecule has 1 heterocycles. The SMILES string of the molecule is C=C(C)[Si](C)(CCC)N1CCCC1. The van der Waals surface area contributed by atoms with E-state index >= 15 is 0 Å². The Bertz CT molecular complexity index is 185. The fraction of sp³-hybridized carbons (Fsp3) is 0.818. The van der Waals surface area contributed by atoms with E-state index in [9.17, 15) is 0 Å². The average Bonchev–Trinajstić information content (AvgIpc) is 2.56. The number of allylic oxidation sites excluding steroid dienone is 1. The van der Waals surface area contributed by atoms with E-state index in [1.54, 1.807) is 0 Å². The molecule has 0 aromatic rings. The van der Waals surface area contributed by atoms with Crippen molar-refractivity contribution in [2.45, 2.75) is 45.7 Å². The van der Waals surface area contributed by atoms with Gasteiger partial charge in [-0.05, 0) is 38.9 Å². The quantitative estimate of drug-likeness (QED) is 0.626. The van der Waals surface area contributed by atoms with E-state index in [1.165, 1.54) is 43.6 Å². The smallest absolute Gasteiger partial charge is 0.152 e. The van der Waals surface area contributed by atoms with Gasteiger partial charge in [-0.3, -0.25) is 0 Å². The van der Waals surface area contributed by atoms with Crippen molar-refractivity contribution in [3.63, 3.8) is 0 Å². The van der Waals surface area contributed by atoms with Gasteiger partial charge in [0.1, 0.15) is 0 Å². The highest BCUT2D eigenvalue weighted by Crippen LogP contribution is 2.27. The molecule has 1 unspecified atom stereocenters. The van der Waals surface area contributed by atoms with Crippen molar-refractivity contribution in [2.24, 2.45) is 0 Å². The summed E-state index contributed by atoms with van der Waals surface area (Å²) in [4.78, 5) is 0. The van der Waals surface area contributed by atoms with Gasteiger partial charge in [-0.25, -0.2) is 0 Å². The molecule has 1 fully saturated rings. The van der Waals surface area contributed by atoms with Crippen molar-refractivity contribution in [3.8, 4) is 0 Å². The van der Waals surface area contributed by atoms with Gasteiger partial charge in [-0.15, -0.1) is 6.58 Å². The Hall–Kier alpha value is -0.0831. The second-order valence-electron chi connectivity index (χ2n) is 4.50.